The van der Waals surface area contributed by atoms with E-state index in [4.69, 9.17) is 9.47 Å². The van der Waals surface area contributed by atoms with E-state index < -0.39 is 0 Å². The molecule has 0 aromatic heterocycles. The number of rotatable bonds is 8. The lowest BCUT2D eigenvalue weighted by Gasteiger charge is -2.10. The minimum absolute atomic E-state index is 0.660. The Balaban J connectivity index is 1.63. The summed E-state index contributed by atoms with van der Waals surface area (Å²) >= 11 is 3.40. The molecule has 1 N–H and O–H groups in total. The smallest absolute Gasteiger partial charge is 0.122 e. The van der Waals surface area contributed by atoms with Gasteiger partial charge in [0.2, 0.25) is 0 Å². The van der Waals surface area contributed by atoms with Gasteiger partial charge >= 0.3 is 0 Å². The van der Waals surface area contributed by atoms with Crippen molar-refractivity contribution in [3.63, 3.8) is 0 Å². The van der Waals surface area contributed by atoms with Crippen LogP contribution in [-0.4, -0.2) is 26.8 Å². The van der Waals surface area contributed by atoms with Crippen LogP contribution in [0.2, 0.25) is 0 Å². The third kappa shape index (κ3) is 5.40. The van der Waals surface area contributed by atoms with Crippen molar-refractivity contribution >= 4 is 15.9 Å². The van der Waals surface area contributed by atoms with E-state index in [9.17, 15) is 0 Å². The van der Waals surface area contributed by atoms with Gasteiger partial charge in [0.25, 0.3) is 0 Å². The van der Waals surface area contributed by atoms with Crippen molar-refractivity contribution in [2.45, 2.75) is 6.42 Å². The number of para-hydroxylation sites is 1. The highest BCUT2D eigenvalue weighted by atomic mass is 79.9. The second-order valence-electron chi connectivity index (χ2n) is 4.61. The molecule has 21 heavy (non-hydrogen) atoms. The molecule has 0 saturated carbocycles. The summed E-state index contributed by atoms with van der Waals surface area (Å²) < 4.78 is 12.0. The zero-order valence-electron chi connectivity index (χ0n) is 12.1. The van der Waals surface area contributed by atoms with E-state index in [1.54, 1.807) is 7.11 Å². The molecule has 0 saturated heterocycles. The Hall–Kier alpha value is -1.52. The topological polar surface area (TPSA) is 30.5 Å². The summed E-state index contributed by atoms with van der Waals surface area (Å²) in [6.07, 6.45) is 0.947. The summed E-state index contributed by atoms with van der Waals surface area (Å²) in [7, 11) is 1.71. The minimum atomic E-state index is 0.660. The number of hydrogen-bond donors (Lipinski definition) is 1. The van der Waals surface area contributed by atoms with E-state index in [-0.39, 0.29) is 0 Å². The van der Waals surface area contributed by atoms with Crippen LogP contribution in [0.3, 0.4) is 0 Å². The molecule has 2 aromatic carbocycles. The number of methoxy groups -OCH3 is 1. The van der Waals surface area contributed by atoms with E-state index in [0.717, 1.165) is 35.5 Å². The lowest BCUT2D eigenvalue weighted by Crippen LogP contribution is -2.23. The van der Waals surface area contributed by atoms with Gasteiger partial charge in [0, 0.05) is 11.0 Å². The van der Waals surface area contributed by atoms with E-state index in [2.05, 4.69) is 27.3 Å². The average molecular weight is 350 g/mol. The van der Waals surface area contributed by atoms with Gasteiger partial charge in [-0.1, -0.05) is 34.1 Å². The van der Waals surface area contributed by atoms with Gasteiger partial charge in [-0.25, -0.2) is 0 Å². The summed E-state index contributed by atoms with van der Waals surface area (Å²) in [5.74, 6) is 1.84. The molecule has 0 heterocycles. The monoisotopic (exact) mass is 349 g/mol. The number of benzene rings is 2. The quantitative estimate of drug-likeness (QED) is 0.737. The molecule has 4 heteroatoms. The maximum absolute atomic E-state index is 5.65. The molecule has 2 aromatic rings. The Morgan fingerprint density at radius 1 is 1.00 bits per heavy atom. The second kappa shape index (κ2) is 8.70. The predicted molar refractivity (Wildman–Crippen MR) is 89.2 cm³/mol. The van der Waals surface area contributed by atoms with Gasteiger partial charge in [-0.2, -0.15) is 0 Å². The molecule has 3 nitrogen and oxygen atoms in total. The first-order valence-electron chi connectivity index (χ1n) is 7.00. The van der Waals surface area contributed by atoms with Crippen molar-refractivity contribution in [1.82, 2.24) is 5.32 Å². The van der Waals surface area contributed by atoms with E-state index in [1.165, 1.54) is 5.56 Å². The number of ether oxygens (including phenoxy) is 2. The number of nitrogens with one attached hydrogen (secondary N) is 1. The molecule has 0 atom stereocenters. The van der Waals surface area contributed by atoms with Gasteiger partial charge in [-0.3, -0.25) is 0 Å². The standard InChI is InChI=1S/C17H20BrNO2/c1-20-17-5-3-2-4-14(17)10-11-19-12-13-21-16-8-6-15(18)7-9-16/h2-9,19H,10-13H2,1H3. The molecular weight excluding hydrogens is 330 g/mol. The highest BCUT2D eigenvalue weighted by Gasteiger charge is 2.00. The Bertz CT molecular complexity index is 543. The Morgan fingerprint density at radius 2 is 1.76 bits per heavy atom. The van der Waals surface area contributed by atoms with Crippen LogP contribution in [0.25, 0.3) is 0 Å². The van der Waals surface area contributed by atoms with Crippen molar-refractivity contribution in [2.24, 2.45) is 0 Å². The van der Waals surface area contributed by atoms with Crippen LogP contribution >= 0.6 is 15.9 Å². The van der Waals surface area contributed by atoms with E-state index >= 15 is 0 Å². The molecule has 0 unspecified atom stereocenters. The molecule has 2 rings (SSSR count). The highest BCUT2D eigenvalue weighted by Crippen LogP contribution is 2.17. The van der Waals surface area contributed by atoms with E-state index in [1.807, 2.05) is 42.5 Å². The summed E-state index contributed by atoms with van der Waals surface area (Å²) in [5.41, 5.74) is 1.22. The maximum atomic E-state index is 5.65. The van der Waals surface area contributed by atoms with E-state index in [0.29, 0.717) is 6.61 Å². The molecule has 0 radical (unpaired) electrons. The van der Waals surface area contributed by atoms with Gasteiger partial charge < -0.3 is 14.8 Å². The lowest BCUT2D eigenvalue weighted by atomic mass is 10.1. The molecule has 0 fully saturated rings. The van der Waals surface area contributed by atoms with Crippen LogP contribution < -0.4 is 14.8 Å². The molecule has 0 aliphatic heterocycles. The fourth-order valence-corrected chi connectivity index (χ4v) is 2.29. The predicted octanol–water partition coefficient (Wildman–Crippen LogP) is 3.67. The largest absolute Gasteiger partial charge is 0.496 e. The fourth-order valence-electron chi connectivity index (χ4n) is 2.03. The maximum Gasteiger partial charge on any atom is 0.122 e. The molecule has 0 aliphatic carbocycles. The lowest BCUT2D eigenvalue weighted by molar-refractivity contribution is 0.314. The van der Waals surface area contributed by atoms with Crippen molar-refractivity contribution < 1.29 is 9.47 Å². The summed E-state index contributed by atoms with van der Waals surface area (Å²) in [6.45, 7) is 2.39. The Labute approximate surface area is 134 Å². The third-order valence-electron chi connectivity index (χ3n) is 3.12. The van der Waals surface area contributed by atoms with Crippen LogP contribution in [-0.2, 0) is 6.42 Å². The average Bonchev–Trinajstić information content (AvgIpc) is 2.53. The van der Waals surface area contributed by atoms with Crippen LogP contribution in [0, 0.1) is 0 Å². The van der Waals surface area contributed by atoms with Crippen molar-refractivity contribution in [2.75, 3.05) is 26.8 Å². The van der Waals surface area contributed by atoms with Crippen molar-refractivity contribution in [1.29, 1.82) is 0 Å². The van der Waals surface area contributed by atoms with Gasteiger partial charge in [-0.05, 0) is 48.9 Å². The summed E-state index contributed by atoms with van der Waals surface area (Å²) in [5, 5.41) is 3.38. The fraction of sp³-hybridized carbons (Fsp3) is 0.294. The van der Waals surface area contributed by atoms with Crippen molar-refractivity contribution in [3.05, 3.63) is 58.6 Å². The van der Waals surface area contributed by atoms with Gasteiger partial charge in [0.05, 0.1) is 7.11 Å². The Morgan fingerprint density at radius 3 is 2.52 bits per heavy atom. The van der Waals surface area contributed by atoms with Crippen molar-refractivity contribution in [3.8, 4) is 11.5 Å². The van der Waals surface area contributed by atoms with Crippen LogP contribution in [0.5, 0.6) is 11.5 Å². The van der Waals surface area contributed by atoms with Gasteiger partial charge in [0.15, 0.2) is 0 Å². The number of halogens is 1. The zero-order valence-corrected chi connectivity index (χ0v) is 13.7. The van der Waals surface area contributed by atoms with Crippen LogP contribution in [0.1, 0.15) is 5.56 Å². The molecule has 0 spiro atoms. The highest BCUT2D eigenvalue weighted by molar-refractivity contribution is 9.10. The van der Waals surface area contributed by atoms with Gasteiger partial charge in [-0.15, -0.1) is 0 Å². The number of hydrogen-bond acceptors (Lipinski definition) is 3. The van der Waals surface area contributed by atoms with Crippen LogP contribution in [0.4, 0.5) is 0 Å². The molecule has 0 amide bonds. The molecule has 0 bridgehead atoms. The molecule has 112 valence electrons. The first kappa shape index (κ1) is 15.9. The zero-order chi connectivity index (χ0) is 14.9. The normalized spacial score (nSPS) is 10.4. The minimum Gasteiger partial charge on any atom is -0.496 e. The molecule has 0 aliphatic rings. The summed E-state index contributed by atoms with van der Waals surface area (Å²) in [6, 6.07) is 16.0. The summed E-state index contributed by atoms with van der Waals surface area (Å²) in [4.78, 5) is 0. The second-order valence-corrected chi connectivity index (χ2v) is 5.53. The Kier molecular flexibility index (Phi) is 6.57. The van der Waals surface area contributed by atoms with Gasteiger partial charge in [0.1, 0.15) is 18.1 Å². The first-order valence-corrected chi connectivity index (χ1v) is 7.80. The molecular formula is C17H20BrNO2. The first-order chi connectivity index (χ1) is 10.3. The SMILES string of the molecule is COc1ccccc1CCNCCOc1ccc(Br)cc1. The third-order valence-corrected chi connectivity index (χ3v) is 3.65. The van der Waals surface area contributed by atoms with Crippen LogP contribution in [0.15, 0.2) is 53.0 Å².